The number of morpholine rings is 1. The molecule has 34 heavy (non-hydrogen) atoms. The van der Waals surface area contributed by atoms with Crippen LogP contribution in [0.5, 0.6) is 0 Å². The number of carbonyl (C=O) groups is 2. The highest BCUT2D eigenvalue weighted by Crippen LogP contribution is 2.33. The lowest BCUT2D eigenvalue weighted by Crippen LogP contribution is -2.41. The number of ether oxygens (including phenoxy) is 1. The van der Waals surface area contributed by atoms with E-state index in [2.05, 4.69) is 6.07 Å². The molecule has 3 heterocycles. The maximum Gasteiger partial charge on any atom is 0.243 e. The fourth-order valence-electron chi connectivity index (χ4n) is 4.94. The number of hydrogen-bond acceptors (Lipinski definition) is 5. The third-order valence-electron chi connectivity index (χ3n) is 6.90. The molecule has 1 fully saturated rings. The molecular formula is C25H29N3O5S. The van der Waals surface area contributed by atoms with Gasteiger partial charge in [0.25, 0.3) is 0 Å². The molecule has 0 aromatic heterocycles. The van der Waals surface area contributed by atoms with E-state index in [0.29, 0.717) is 58.8 Å². The molecule has 0 atom stereocenters. The highest BCUT2D eigenvalue weighted by atomic mass is 32.2. The second-order valence-electron chi connectivity index (χ2n) is 8.94. The molecule has 1 saturated heterocycles. The van der Waals surface area contributed by atoms with Crippen LogP contribution in [0.25, 0.3) is 0 Å². The normalized spacial score (nSPS) is 18.5. The number of sulfonamides is 1. The Labute approximate surface area is 200 Å². The number of rotatable bonds is 5. The predicted octanol–water partition coefficient (Wildman–Crippen LogP) is 1.96. The molecule has 3 aliphatic rings. The molecule has 0 unspecified atom stereocenters. The Morgan fingerprint density at radius 2 is 1.53 bits per heavy atom. The van der Waals surface area contributed by atoms with E-state index in [0.717, 1.165) is 16.8 Å². The summed E-state index contributed by atoms with van der Waals surface area (Å²) in [4.78, 5) is 28.9. The lowest BCUT2D eigenvalue weighted by atomic mass is 10.0. The van der Waals surface area contributed by atoms with Crippen molar-refractivity contribution in [3.63, 3.8) is 0 Å². The molecule has 0 aliphatic carbocycles. The summed E-state index contributed by atoms with van der Waals surface area (Å²) in [5.41, 5.74) is 3.84. The predicted molar refractivity (Wildman–Crippen MR) is 127 cm³/mol. The van der Waals surface area contributed by atoms with Crippen LogP contribution in [0, 0.1) is 0 Å². The molecule has 2 amide bonds. The molecule has 0 bridgehead atoms. The number of carbonyl (C=O) groups excluding carboxylic acids is 2. The number of anilines is 1. The lowest BCUT2D eigenvalue weighted by molar-refractivity contribution is -0.136. The van der Waals surface area contributed by atoms with Crippen LogP contribution in [-0.4, -0.2) is 68.8 Å². The number of nitrogens with zero attached hydrogens (tertiary/aromatic N) is 3. The zero-order chi connectivity index (χ0) is 23.7. The average Bonchev–Trinajstić information content (AvgIpc) is 3.31. The first kappa shape index (κ1) is 23.0. The maximum atomic E-state index is 13.3. The van der Waals surface area contributed by atoms with E-state index in [1.807, 2.05) is 18.2 Å². The van der Waals surface area contributed by atoms with Crippen LogP contribution in [-0.2, 0) is 43.7 Å². The van der Waals surface area contributed by atoms with Crippen LogP contribution < -0.4 is 4.90 Å². The van der Waals surface area contributed by atoms with Crippen molar-refractivity contribution in [1.82, 2.24) is 9.21 Å². The molecule has 9 heteroatoms. The Kier molecular flexibility index (Phi) is 6.42. The van der Waals surface area contributed by atoms with Crippen molar-refractivity contribution in [2.75, 3.05) is 44.3 Å². The van der Waals surface area contributed by atoms with Gasteiger partial charge in [-0.1, -0.05) is 24.3 Å². The zero-order valence-electron chi connectivity index (χ0n) is 19.1. The minimum absolute atomic E-state index is 0.0272. The molecular weight excluding hydrogens is 454 g/mol. The molecule has 8 nitrogen and oxygen atoms in total. The molecule has 5 rings (SSSR count). The van der Waals surface area contributed by atoms with Gasteiger partial charge in [0, 0.05) is 51.3 Å². The number of hydrogen-bond donors (Lipinski definition) is 0. The SMILES string of the molecule is O=C(CCC(=O)N1CCc2cc(S(=O)(=O)N3CCc4ccccc4C3)ccc21)N1CCOCC1. The van der Waals surface area contributed by atoms with Gasteiger partial charge in [-0.05, 0) is 47.7 Å². The van der Waals surface area contributed by atoms with Gasteiger partial charge in [0.2, 0.25) is 21.8 Å². The van der Waals surface area contributed by atoms with Crippen molar-refractivity contribution in [2.24, 2.45) is 0 Å². The Hall–Kier alpha value is -2.75. The fourth-order valence-corrected chi connectivity index (χ4v) is 6.41. The van der Waals surface area contributed by atoms with E-state index in [4.69, 9.17) is 4.74 Å². The Balaban J connectivity index is 1.25. The molecule has 0 N–H and O–H groups in total. The maximum absolute atomic E-state index is 13.3. The first-order valence-corrected chi connectivity index (χ1v) is 13.2. The van der Waals surface area contributed by atoms with Crippen molar-refractivity contribution in [3.05, 3.63) is 59.2 Å². The summed E-state index contributed by atoms with van der Waals surface area (Å²) in [5.74, 6) is -0.135. The van der Waals surface area contributed by atoms with Crippen molar-refractivity contribution in [2.45, 2.75) is 37.1 Å². The first-order valence-electron chi connectivity index (χ1n) is 11.8. The minimum atomic E-state index is -3.63. The standard InChI is InChI=1S/C25H29N3O5S/c29-24(26-13-15-33-16-14-26)7-8-25(30)28-12-10-20-17-22(5-6-23(20)28)34(31,32)27-11-9-19-3-1-2-4-21(19)18-27/h1-6,17H,7-16,18H2. The molecule has 0 spiro atoms. The monoisotopic (exact) mass is 483 g/mol. The number of benzene rings is 2. The zero-order valence-corrected chi connectivity index (χ0v) is 19.9. The van der Waals surface area contributed by atoms with Crippen LogP contribution in [0.2, 0.25) is 0 Å². The molecule has 2 aromatic rings. The average molecular weight is 484 g/mol. The summed E-state index contributed by atoms with van der Waals surface area (Å²) < 4.78 is 33.5. The van der Waals surface area contributed by atoms with Gasteiger partial charge < -0.3 is 14.5 Å². The summed E-state index contributed by atoms with van der Waals surface area (Å²) in [7, 11) is -3.63. The van der Waals surface area contributed by atoms with Crippen molar-refractivity contribution >= 4 is 27.5 Å². The smallest absolute Gasteiger partial charge is 0.243 e. The van der Waals surface area contributed by atoms with E-state index in [-0.39, 0.29) is 29.6 Å². The van der Waals surface area contributed by atoms with Gasteiger partial charge in [0.1, 0.15) is 0 Å². The van der Waals surface area contributed by atoms with Crippen molar-refractivity contribution in [1.29, 1.82) is 0 Å². The van der Waals surface area contributed by atoms with Crippen LogP contribution in [0.1, 0.15) is 29.5 Å². The highest BCUT2D eigenvalue weighted by molar-refractivity contribution is 7.89. The lowest BCUT2D eigenvalue weighted by Gasteiger charge is -2.28. The summed E-state index contributed by atoms with van der Waals surface area (Å²) in [6, 6.07) is 13.0. The van der Waals surface area contributed by atoms with E-state index < -0.39 is 10.0 Å². The van der Waals surface area contributed by atoms with Crippen LogP contribution in [0.15, 0.2) is 47.4 Å². The topological polar surface area (TPSA) is 87.2 Å². The van der Waals surface area contributed by atoms with Gasteiger partial charge in [-0.3, -0.25) is 9.59 Å². The van der Waals surface area contributed by atoms with Gasteiger partial charge in [-0.25, -0.2) is 8.42 Å². The quantitative estimate of drug-likeness (QED) is 0.649. The van der Waals surface area contributed by atoms with Crippen molar-refractivity contribution < 1.29 is 22.7 Å². The largest absolute Gasteiger partial charge is 0.378 e. The molecule has 0 radical (unpaired) electrons. The number of amides is 2. The third-order valence-corrected chi connectivity index (χ3v) is 8.74. The van der Waals surface area contributed by atoms with Gasteiger partial charge in [-0.15, -0.1) is 0 Å². The Bertz CT molecular complexity index is 1210. The van der Waals surface area contributed by atoms with Crippen LogP contribution in [0.4, 0.5) is 5.69 Å². The van der Waals surface area contributed by atoms with E-state index in [1.165, 1.54) is 9.87 Å². The Morgan fingerprint density at radius 3 is 2.32 bits per heavy atom. The summed E-state index contributed by atoms with van der Waals surface area (Å²) in [6.45, 7) is 3.54. The summed E-state index contributed by atoms with van der Waals surface area (Å²) in [6.07, 6.45) is 1.62. The van der Waals surface area contributed by atoms with Crippen LogP contribution >= 0.6 is 0 Å². The van der Waals surface area contributed by atoms with E-state index in [1.54, 1.807) is 28.0 Å². The van der Waals surface area contributed by atoms with E-state index in [9.17, 15) is 18.0 Å². The fraction of sp³-hybridized carbons (Fsp3) is 0.440. The second kappa shape index (κ2) is 9.48. The molecule has 3 aliphatic heterocycles. The molecule has 2 aromatic carbocycles. The third kappa shape index (κ3) is 4.47. The van der Waals surface area contributed by atoms with Crippen LogP contribution in [0.3, 0.4) is 0 Å². The van der Waals surface area contributed by atoms with Gasteiger partial charge in [-0.2, -0.15) is 4.31 Å². The van der Waals surface area contributed by atoms with Gasteiger partial charge >= 0.3 is 0 Å². The first-order chi connectivity index (χ1) is 16.4. The van der Waals surface area contributed by atoms with Gasteiger partial charge in [0.15, 0.2) is 0 Å². The minimum Gasteiger partial charge on any atom is -0.378 e. The highest BCUT2D eigenvalue weighted by Gasteiger charge is 2.31. The van der Waals surface area contributed by atoms with E-state index >= 15 is 0 Å². The van der Waals surface area contributed by atoms with Gasteiger partial charge in [0.05, 0.1) is 18.1 Å². The van der Waals surface area contributed by atoms with Crippen molar-refractivity contribution in [3.8, 4) is 0 Å². The molecule has 180 valence electrons. The summed E-state index contributed by atoms with van der Waals surface area (Å²) >= 11 is 0. The summed E-state index contributed by atoms with van der Waals surface area (Å²) in [5, 5.41) is 0. The second-order valence-corrected chi connectivity index (χ2v) is 10.9. The number of fused-ring (bicyclic) bond motifs is 2. The molecule has 0 saturated carbocycles. The Morgan fingerprint density at radius 1 is 0.824 bits per heavy atom.